The van der Waals surface area contributed by atoms with E-state index in [2.05, 4.69) is 4.84 Å². The van der Waals surface area contributed by atoms with Crippen LogP contribution in [0, 0.1) is 0 Å². The largest absolute Gasteiger partial charge is 0.363 e. The average Bonchev–Trinajstić information content (AvgIpc) is 2.55. The zero-order chi connectivity index (χ0) is 11.7. The maximum absolute atomic E-state index is 11.9. The van der Waals surface area contributed by atoms with Crippen LogP contribution in [0.3, 0.4) is 0 Å². The zero-order valence-electron chi connectivity index (χ0n) is 7.97. The molecule has 2 rings (SSSR count). The van der Waals surface area contributed by atoms with Crippen LogP contribution >= 0.6 is 0 Å². The molecule has 5 nitrogen and oxygen atoms in total. The lowest BCUT2D eigenvalue weighted by atomic mass is 10.1. The van der Waals surface area contributed by atoms with Gasteiger partial charge >= 0.3 is 5.97 Å². The summed E-state index contributed by atoms with van der Waals surface area (Å²) in [6, 6.07) is 6.01. The topological polar surface area (TPSA) is 63.7 Å². The number of fused-ring (bicyclic) bond motifs is 1. The normalized spacial score (nSPS) is 13.9. The highest BCUT2D eigenvalue weighted by Crippen LogP contribution is 2.22. The Kier molecular flexibility index (Phi) is 2.40. The number of rotatable bonds is 2. The summed E-state index contributed by atoms with van der Waals surface area (Å²) in [5.74, 6) is -2.81. The average molecular weight is 223 g/mol. The van der Waals surface area contributed by atoms with Crippen molar-refractivity contribution in [1.29, 1.82) is 0 Å². The Morgan fingerprint density at radius 3 is 2.12 bits per heavy atom. The summed E-state index contributed by atoms with van der Waals surface area (Å²) in [6.45, 7) is -1.40. The van der Waals surface area contributed by atoms with Gasteiger partial charge in [-0.05, 0) is 12.1 Å². The first-order valence-corrected chi connectivity index (χ1v) is 4.39. The van der Waals surface area contributed by atoms with Gasteiger partial charge < -0.3 is 4.84 Å². The monoisotopic (exact) mass is 223 g/mol. The number of hydrogen-bond donors (Lipinski definition) is 0. The van der Waals surface area contributed by atoms with E-state index in [0.29, 0.717) is 0 Å². The standard InChI is InChI=1S/C10H6FNO4/c11-5-8(13)16-12-9(14)6-3-1-2-4-7(6)10(12)15/h1-4H,5H2. The number of carbonyl (C=O) groups is 3. The molecule has 2 amide bonds. The van der Waals surface area contributed by atoms with Gasteiger partial charge in [-0.25, -0.2) is 9.18 Å². The summed E-state index contributed by atoms with van der Waals surface area (Å²) in [5.41, 5.74) is 0.276. The molecule has 0 atom stereocenters. The number of carbonyl (C=O) groups excluding carboxylic acids is 3. The Labute approximate surface area is 89.4 Å². The van der Waals surface area contributed by atoms with Crippen molar-refractivity contribution in [2.75, 3.05) is 6.67 Å². The van der Waals surface area contributed by atoms with Crippen LogP contribution in [-0.2, 0) is 9.63 Å². The lowest BCUT2D eigenvalue weighted by molar-refractivity contribution is -0.169. The summed E-state index contributed by atoms with van der Waals surface area (Å²) in [5, 5.41) is 0.270. The van der Waals surface area contributed by atoms with Crippen LogP contribution in [0.4, 0.5) is 4.39 Å². The molecular weight excluding hydrogens is 217 g/mol. The van der Waals surface area contributed by atoms with Crippen molar-refractivity contribution in [3.05, 3.63) is 35.4 Å². The summed E-state index contributed by atoms with van der Waals surface area (Å²) in [4.78, 5) is 38.1. The van der Waals surface area contributed by atoms with Gasteiger partial charge in [0.05, 0.1) is 11.1 Å². The number of amides is 2. The first-order chi connectivity index (χ1) is 7.65. The number of imide groups is 1. The summed E-state index contributed by atoms with van der Waals surface area (Å²) in [7, 11) is 0. The Hall–Kier alpha value is -2.24. The van der Waals surface area contributed by atoms with Crippen molar-refractivity contribution < 1.29 is 23.6 Å². The molecule has 0 spiro atoms. The van der Waals surface area contributed by atoms with E-state index >= 15 is 0 Å². The van der Waals surface area contributed by atoms with Crippen LogP contribution in [0.25, 0.3) is 0 Å². The van der Waals surface area contributed by atoms with Gasteiger partial charge in [-0.15, -0.1) is 0 Å². The van der Waals surface area contributed by atoms with Crippen LogP contribution in [0.2, 0.25) is 0 Å². The first-order valence-electron chi connectivity index (χ1n) is 4.39. The van der Waals surface area contributed by atoms with Gasteiger partial charge in [-0.3, -0.25) is 9.59 Å². The number of alkyl halides is 1. The number of nitrogens with zero attached hydrogens (tertiary/aromatic N) is 1. The molecule has 0 bridgehead atoms. The second-order valence-electron chi connectivity index (χ2n) is 3.05. The molecule has 82 valence electrons. The van der Waals surface area contributed by atoms with Gasteiger partial charge in [-0.2, -0.15) is 0 Å². The van der Waals surface area contributed by atoms with Gasteiger partial charge in [0.15, 0.2) is 6.67 Å². The van der Waals surface area contributed by atoms with E-state index in [1.165, 1.54) is 12.1 Å². The third-order valence-electron chi connectivity index (χ3n) is 2.06. The minimum atomic E-state index is -1.40. The Bertz CT molecular complexity index is 450. The molecule has 0 saturated heterocycles. The SMILES string of the molecule is O=C(CF)ON1C(=O)c2ccccc2C1=O. The number of halogens is 1. The molecule has 0 radical (unpaired) electrons. The molecule has 1 heterocycles. The van der Waals surface area contributed by atoms with Crippen LogP contribution < -0.4 is 0 Å². The summed E-state index contributed by atoms with van der Waals surface area (Å²) in [6.07, 6.45) is 0. The van der Waals surface area contributed by atoms with Crippen LogP contribution in [0.15, 0.2) is 24.3 Å². The lowest BCUT2D eigenvalue weighted by Crippen LogP contribution is -2.33. The van der Waals surface area contributed by atoms with Crippen molar-refractivity contribution in [3.8, 4) is 0 Å². The second-order valence-corrected chi connectivity index (χ2v) is 3.05. The molecule has 1 aromatic rings. The van der Waals surface area contributed by atoms with E-state index in [4.69, 9.17) is 0 Å². The minimum Gasteiger partial charge on any atom is -0.327 e. The molecule has 0 saturated carbocycles. The molecule has 1 aromatic carbocycles. The maximum Gasteiger partial charge on any atom is 0.363 e. The van der Waals surface area contributed by atoms with E-state index in [9.17, 15) is 18.8 Å². The van der Waals surface area contributed by atoms with Crippen molar-refractivity contribution in [2.24, 2.45) is 0 Å². The molecule has 0 unspecified atom stereocenters. The number of hydroxylamine groups is 2. The van der Waals surface area contributed by atoms with E-state index in [1.807, 2.05) is 0 Å². The summed E-state index contributed by atoms with van der Waals surface area (Å²) >= 11 is 0. The van der Waals surface area contributed by atoms with E-state index in [0.717, 1.165) is 0 Å². The van der Waals surface area contributed by atoms with Gasteiger partial charge in [0, 0.05) is 0 Å². The van der Waals surface area contributed by atoms with Gasteiger partial charge in [-0.1, -0.05) is 17.2 Å². The highest BCUT2D eigenvalue weighted by atomic mass is 19.1. The molecule has 0 fully saturated rings. The van der Waals surface area contributed by atoms with Crippen molar-refractivity contribution in [3.63, 3.8) is 0 Å². The third kappa shape index (κ3) is 1.44. The quantitative estimate of drug-likeness (QED) is 0.692. The van der Waals surface area contributed by atoms with E-state index in [-0.39, 0.29) is 16.2 Å². The van der Waals surface area contributed by atoms with Crippen LogP contribution in [0.1, 0.15) is 20.7 Å². The van der Waals surface area contributed by atoms with Crippen LogP contribution in [-0.4, -0.2) is 29.5 Å². The van der Waals surface area contributed by atoms with Gasteiger partial charge in [0.2, 0.25) is 0 Å². The predicted molar refractivity (Wildman–Crippen MR) is 49.0 cm³/mol. The third-order valence-corrected chi connectivity index (χ3v) is 2.06. The molecule has 0 aromatic heterocycles. The van der Waals surface area contributed by atoms with E-state index < -0.39 is 24.5 Å². The first kappa shape index (κ1) is 10.3. The van der Waals surface area contributed by atoms with E-state index in [1.54, 1.807) is 12.1 Å². The van der Waals surface area contributed by atoms with Gasteiger partial charge in [0.1, 0.15) is 0 Å². The van der Waals surface area contributed by atoms with Crippen molar-refractivity contribution in [2.45, 2.75) is 0 Å². The Balaban J connectivity index is 2.32. The predicted octanol–water partition coefficient (Wildman–Crippen LogP) is 0.710. The minimum absolute atomic E-state index is 0.138. The highest BCUT2D eigenvalue weighted by Gasteiger charge is 2.38. The molecule has 1 aliphatic rings. The fourth-order valence-electron chi connectivity index (χ4n) is 1.38. The molecule has 16 heavy (non-hydrogen) atoms. The maximum atomic E-state index is 11.9. The highest BCUT2D eigenvalue weighted by molar-refractivity contribution is 6.20. The zero-order valence-corrected chi connectivity index (χ0v) is 7.97. The smallest absolute Gasteiger partial charge is 0.327 e. The Morgan fingerprint density at radius 1 is 1.19 bits per heavy atom. The van der Waals surface area contributed by atoms with Gasteiger partial charge in [0.25, 0.3) is 11.8 Å². The molecule has 6 heteroatoms. The second kappa shape index (κ2) is 3.73. The summed E-state index contributed by atoms with van der Waals surface area (Å²) < 4.78 is 11.9. The molecule has 0 aliphatic carbocycles. The molecule has 1 aliphatic heterocycles. The van der Waals surface area contributed by atoms with Crippen molar-refractivity contribution in [1.82, 2.24) is 5.06 Å². The van der Waals surface area contributed by atoms with Crippen molar-refractivity contribution >= 4 is 17.8 Å². The number of hydrogen-bond acceptors (Lipinski definition) is 4. The molecule has 0 N–H and O–H groups in total. The lowest BCUT2D eigenvalue weighted by Gasteiger charge is -2.10. The Morgan fingerprint density at radius 2 is 1.69 bits per heavy atom. The number of benzene rings is 1. The fourth-order valence-corrected chi connectivity index (χ4v) is 1.38. The molecular formula is C10H6FNO4. The fraction of sp³-hybridized carbons (Fsp3) is 0.100. The van der Waals surface area contributed by atoms with Crippen LogP contribution in [0.5, 0.6) is 0 Å².